The van der Waals surface area contributed by atoms with Crippen molar-refractivity contribution in [2.45, 2.75) is 37.1 Å². The largest absolute Gasteiger partial charge is 0.495 e. The Kier molecular flexibility index (Phi) is 4.10. The standard InChI is InChI=1S/C20H20F2N4O2/c1-19(22)9-16(21)20(26-18(19)23)8-11-3-4-12(7-14(11)20)25-17(27)15-6-5-13(28-2)10-24-15/h3-7,10,16H,8-9H2,1-2H3,(H2,23,26)(H,25,27)/t16-,19+,20+/m0/s1. The number of pyridine rings is 1. The fraction of sp³-hybridized carbons (Fsp3) is 0.350. The molecule has 0 unspecified atom stereocenters. The zero-order valence-electron chi connectivity index (χ0n) is 15.5. The molecule has 0 radical (unpaired) electrons. The Morgan fingerprint density at radius 2 is 2.14 bits per heavy atom. The average molecular weight is 386 g/mol. The molecule has 2 aliphatic rings. The van der Waals surface area contributed by atoms with Gasteiger partial charge in [-0.25, -0.2) is 13.8 Å². The summed E-state index contributed by atoms with van der Waals surface area (Å²) in [6.45, 7) is 1.24. The molecular formula is C20H20F2N4O2. The molecule has 3 atom stereocenters. The van der Waals surface area contributed by atoms with E-state index in [0.717, 1.165) is 5.56 Å². The van der Waals surface area contributed by atoms with Crippen LogP contribution in [0.15, 0.2) is 41.5 Å². The monoisotopic (exact) mass is 386 g/mol. The van der Waals surface area contributed by atoms with Gasteiger partial charge in [-0.1, -0.05) is 6.07 Å². The first-order valence-electron chi connectivity index (χ1n) is 8.89. The van der Waals surface area contributed by atoms with Crippen molar-refractivity contribution in [3.8, 4) is 5.75 Å². The predicted molar refractivity (Wildman–Crippen MR) is 101 cm³/mol. The van der Waals surface area contributed by atoms with Crippen LogP contribution in [0.5, 0.6) is 5.75 Å². The zero-order chi connectivity index (χ0) is 20.1. The lowest BCUT2D eigenvalue weighted by molar-refractivity contribution is 0.0866. The molecule has 1 aromatic heterocycles. The maximum absolute atomic E-state index is 14.9. The molecule has 1 aliphatic heterocycles. The van der Waals surface area contributed by atoms with Gasteiger partial charge in [-0.2, -0.15) is 0 Å². The van der Waals surface area contributed by atoms with Gasteiger partial charge in [-0.05, 0) is 42.3 Å². The van der Waals surface area contributed by atoms with Crippen molar-refractivity contribution in [2.75, 3.05) is 12.4 Å². The summed E-state index contributed by atoms with van der Waals surface area (Å²) in [4.78, 5) is 20.7. The summed E-state index contributed by atoms with van der Waals surface area (Å²) in [7, 11) is 1.51. The van der Waals surface area contributed by atoms with Crippen LogP contribution in [0, 0.1) is 0 Å². The highest BCUT2D eigenvalue weighted by atomic mass is 19.2. The number of halogens is 2. The Labute approximate surface area is 160 Å². The highest BCUT2D eigenvalue weighted by molar-refractivity contribution is 6.03. The number of anilines is 1. The second-order valence-corrected chi connectivity index (χ2v) is 7.38. The van der Waals surface area contributed by atoms with Gasteiger partial charge in [0.05, 0.1) is 13.3 Å². The van der Waals surface area contributed by atoms with E-state index in [9.17, 15) is 13.6 Å². The minimum absolute atomic E-state index is 0.191. The first-order chi connectivity index (χ1) is 13.2. The Balaban J connectivity index is 1.60. The number of aromatic nitrogens is 1. The van der Waals surface area contributed by atoms with Gasteiger partial charge in [0, 0.05) is 18.5 Å². The summed E-state index contributed by atoms with van der Waals surface area (Å²) < 4.78 is 34.2. The summed E-state index contributed by atoms with van der Waals surface area (Å²) in [6.07, 6.45) is -0.0256. The topological polar surface area (TPSA) is 89.6 Å². The number of hydrogen-bond donors (Lipinski definition) is 2. The Hall–Kier alpha value is -3.03. The van der Waals surface area contributed by atoms with E-state index in [1.165, 1.54) is 20.2 Å². The van der Waals surface area contributed by atoms with Gasteiger partial charge < -0.3 is 15.8 Å². The molecule has 0 bridgehead atoms. The van der Waals surface area contributed by atoms with Gasteiger partial charge in [0.1, 0.15) is 29.0 Å². The number of ether oxygens (including phenoxy) is 1. The van der Waals surface area contributed by atoms with Gasteiger partial charge in [0.2, 0.25) is 0 Å². The van der Waals surface area contributed by atoms with E-state index >= 15 is 0 Å². The quantitative estimate of drug-likeness (QED) is 0.849. The minimum atomic E-state index is -1.95. The van der Waals surface area contributed by atoms with E-state index < -0.39 is 23.3 Å². The van der Waals surface area contributed by atoms with Gasteiger partial charge >= 0.3 is 0 Å². The summed E-state index contributed by atoms with van der Waals surface area (Å²) >= 11 is 0. The number of amides is 1. The maximum atomic E-state index is 14.9. The van der Waals surface area contributed by atoms with Crippen molar-refractivity contribution in [2.24, 2.45) is 10.7 Å². The molecule has 2 aromatic rings. The zero-order valence-corrected chi connectivity index (χ0v) is 15.5. The highest BCUT2D eigenvalue weighted by Gasteiger charge is 2.56. The lowest BCUT2D eigenvalue weighted by atomic mass is 9.65. The first-order valence-corrected chi connectivity index (χ1v) is 8.89. The van der Waals surface area contributed by atoms with Gasteiger partial charge in [-0.15, -0.1) is 0 Å². The molecule has 1 spiro atoms. The summed E-state index contributed by atoms with van der Waals surface area (Å²) in [5, 5.41) is 2.74. The molecule has 1 aliphatic carbocycles. The van der Waals surface area contributed by atoms with Crippen LogP contribution in [0.4, 0.5) is 14.5 Å². The van der Waals surface area contributed by atoms with Crippen molar-refractivity contribution >= 4 is 17.4 Å². The van der Waals surface area contributed by atoms with Crippen molar-refractivity contribution in [1.82, 2.24) is 4.98 Å². The molecule has 1 aromatic carbocycles. The average Bonchev–Trinajstić information content (AvgIpc) is 2.65. The third-order valence-corrected chi connectivity index (χ3v) is 5.43. The van der Waals surface area contributed by atoms with E-state index in [4.69, 9.17) is 10.5 Å². The smallest absolute Gasteiger partial charge is 0.274 e. The number of carbonyl (C=O) groups is 1. The fourth-order valence-electron chi connectivity index (χ4n) is 3.71. The molecule has 8 heteroatoms. The number of nitrogens with two attached hydrogens (primary N) is 1. The lowest BCUT2D eigenvalue weighted by Crippen LogP contribution is -2.56. The summed E-state index contributed by atoms with van der Waals surface area (Å²) in [5.74, 6) is -0.0548. The first kappa shape index (κ1) is 18.3. The number of amidine groups is 1. The number of nitrogens with zero attached hydrogens (tertiary/aromatic N) is 2. The molecule has 0 fully saturated rings. The van der Waals surface area contributed by atoms with E-state index in [0.29, 0.717) is 23.4 Å². The molecule has 0 saturated carbocycles. The van der Waals surface area contributed by atoms with E-state index in [-0.39, 0.29) is 18.0 Å². The van der Waals surface area contributed by atoms with E-state index in [2.05, 4.69) is 15.3 Å². The minimum Gasteiger partial charge on any atom is -0.495 e. The van der Waals surface area contributed by atoms with Crippen LogP contribution >= 0.6 is 0 Å². The lowest BCUT2D eigenvalue weighted by Gasteiger charge is -2.47. The van der Waals surface area contributed by atoms with Crippen LogP contribution in [0.1, 0.15) is 35.0 Å². The third kappa shape index (κ3) is 2.80. The van der Waals surface area contributed by atoms with Crippen LogP contribution in [-0.2, 0) is 12.0 Å². The van der Waals surface area contributed by atoms with Crippen molar-refractivity contribution in [3.63, 3.8) is 0 Å². The number of nitrogens with one attached hydrogen (secondary N) is 1. The van der Waals surface area contributed by atoms with E-state index in [1.54, 1.807) is 30.3 Å². The van der Waals surface area contributed by atoms with Crippen LogP contribution in [-0.4, -0.2) is 35.7 Å². The van der Waals surface area contributed by atoms with Crippen molar-refractivity contribution < 1.29 is 18.3 Å². The number of aliphatic imine (C=N–C) groups is 1. The van der Waals surface area contributed by atoms with Crippen LogP contribution in [0.25, 0.3) is 0 Å². The van der Waals surface area contributed by atoms with Gasteiger partial charge in [-0.3, -0.25) is 9.79 Å². The second-order valence-electron chi connectivity index (χ2n) is 7.38. The Morgan fingerprint density at radius 3 is 2.82 bits per heavy atom. The van der Waals surface area contributed by atoms with Crippen molar-refractivity contribution in [3.05, 3.63) is 53.3 Å². The number of carbonyl (C=O) groups excluding carboxylic acids is 1. The molecule has 28 heavy (non-hydrogen) atoms. The highest BCUT2D eigenvalue weighted by Crippen LogP contribution is 2.51. The normalized spacial score (nSPS) is 28.1. The summed E-state index contributed by atoms with van der Waals surface area (Å²) in [5.41, 5.74) is 4.85. The molecule has 2 heterocycles. The van der Waals surface area contributed by atoms with Gasteiger partial charge in [0.15, 0.2) is 5.67 Å². The molecule has 4 rings (SSSR count). The van der Waals surface area contributed by atoms with E-state index in [1.807, 2.05) is 0 Å². The Morgan fingerprint density at radius 1 is 1.36 bits per heavy atom. The number of methoxy groups -OCH3 is 1. The van der Waals surface area contributed by atoms with Gasteiger partial charge in [0.25, 0.3) is 5.91 Å². The fourth-order valence-corrected chi connectivity index (χ4v) is 3.71. The maximum Gasteiger partial charge on any atom is 0.274 e. The molecule has 1 amide bonds. The summed E-state index contributed by atoms with van der Waals surface area (Å²) in [6, 6.07) is 8.39. The third-order valence-electron chi connectivity index (χ3n) is 5.43. The predicted octanol–water partition coefficient (Wildman–Crippen LogP) is 2.92. The van der Waals surface area contributed by atoms with Crippen LogP contribution in [0.2, 0.25) is 0 Å². The SMILES string of the molecule is COc1ccc(C(=O)Nc2ccc3c(c2)[C@@]2(C3)N=C(N)[C@](C)(F)C[C@@H]2F)nc1. The number of alkyl halides is 2. The van der Waals surface area contributed by atoms with Crippen LogP contribution < -0.4 is 15.8 Å². The number of fused-ring (bicyclic) bond motifs is 2. The number of benzene rings is 1. The van der Waals surface area contributed by atoms with Crippen molar-refractivity contribution in [1.29, 1.82) is 0 Å². The molecule has 146 valence electrons. The number of hydrogen-bond acceptors (Lipinski definition) is 5. The molecule has 6 nitrogen and oxygen atoms in total. The second kappa shape index (κ2) is 6.25. The molecular weight excluding hydrogens is 366 g/mol. The Bertz CT molecular complexity index is 975. The van der Waals surface area contributed by atoms with Crippen LogP contribution in [0.3, 0.4) is 0 Å². The molecule has 0 saturated heterocycles. The molecule has 3 N–H and O–H groups in total. The number of rotatable bonds is 3.